The van der Waals surface area contributed by atoms with E-state index >= 15 is 0 Å². The van der Waals surface area contributed by atoms with Gasteiger partial charge in [0.15, 0.2) is 9.84 Å². The van der Waals surface area contributed by atoms with Crippen LogP contribution in [-0.4, -0.2) is 48.4 Å². The number of nitrogen functional groups attached to an aromatic ring is 1. The molecule has 2 heterocycles. The Labute approximate surface area is 113 Å². The van der Waals surface area contributed by atoms with Crippen LogP contribution < -0.4 is 5.73 Å². The predicted octanol–water partition coefficient (Wildman–Crippen LogP) is 0.522. The Morgan fingerprint density at radius 1 is 1.32 bits per heavy atom. The number of sulfone groups is 1. The molecule has 1 saturated heterocycles. The summed E-state index contributed by atoms with van der Waals surface area (Å²) in [6.07, 6.45) is 1.73. The zero-order chi connectivity index (χ0) is 14.2. The van der Waals surface area contributed by atoms with Gasteiger partial charge in [0, 0.05) is 25.3 Å². The van der Waals surface area contributed by atoms with Crippen LogP contribution in [-0.2, 0) is 9.84 Å². The van der Waals surface area contributed by atoms with Crippen LogP contribution in [0.2, 0.25) is 0 Å². The van der Waals surface area contributed by atoms with E-state index in [0.29, 0.717) is 11.4 Å². The molecule has 0 aliphatic carbocycles. The van der Waals surface area contributed by atoms with E-state index in [-0.39, 0.29) is 36.5 Å². The number of rotatable bonds is 2. The van der Waals surface area contributed by atoms with Gasteiger partial charge in [-0.1, -0.05) is 0 Å². The molecule has 0 atom stereocenters. The molecule has 0 spiro atoms. The predicted molar refractivity (Wildman–Crippen MR) is 73.8 cm³/mol. The van der Waals surface area contributed by atoms with Crippen molar-refractivity contribution in [1.29, 1.82) is 0 Å². The zero-order valence-electron chi connectivity index (χ0n) is 11.2. The molecular formula is C12H19N3O3S. The summed E-state index contributed by atoms with van der Waals surface area (Å²) in [6, 6.07) is 1.77. The molecule has 7 heteroatoms. The molecule has 0 bridgehead atoms. The maximum atomic E-state index is 12.4. The average Bonchev–Trinajstić information content (AvgIpc) is 2.70. The number of anilines is 1. The third kappa shape index (κ3) is 2.91. The number of carbonyl (C=O) groups is 1. The first kappa shape index (κ1) is 13.9. The topological polar surface area (TPSA) is 85.4 Å². The molecule has 0 aromatic carbocycles. The second kappa shape index (κ2) is 4.88. The van der Waals surface area contributed by atoms with Gasteiger partial charge in [-0.25, -0.2) is 8.42 Å². The number of aromatic nitrogens is 1. The van der Waals surface area contributed by atoms with Gasteiger partial charge in [0.2, 0.25) is 0 Å². The molecule has 6 nitrogen and oxygen atoms in total. The number of hydrogen-bond acceptors (Lipinski definition) is 4. The standard InChI is InChI=1S/C12H19N3O3S/c1-9(2)15-8-10(13)7-11(15)12(16)14-3-5-19(17,18)6-4-14/h7-9H,3-6,13H2,1-2H3. The summed E-state index contributed by atoms with van der Waals surface area (Å²) in [4.78, 5) is 14.0. The molecule has 19 heavy (non-hydrogen) atoms. The van der Waals surface area contributed by atoms with Gasteiger partial charge < -0.3 is 15.2 Å². The second-order valence-electron chi connectivity index (χ2n) is 5.10. The van der Waals surface area contributed by atoms with Crippen molar-refractivity contribution in [3.8, 4) is 0 Å². The molecule has 1 aromatic rings. The van der Waals surface area contributed by atoms with Gasteiger partial charge in [0.1, 0.15) is 5.69 Å². The van der Waals surface area contributed by atoms with Gasteiger partial charge in [-0.15, -0.1) is 0 Å². The summed E-state index contributed by atoms with van der Waals surface area (Å²) in [6.45, 7) is 4.45. The number of hydrogen-bond donors (Lipinski definition) is 1. The minimum atomic E-state index is -2.98. The fourth-order valence-corrected chi connectivity index (χ4v) is 3.38. The maximum absolute atomic E-state index is 12.4. The van der Waals surface area contributed by atoms with Crippen molar-refractivity contribution in [2.45, 2.75) is 19.9 Å². The summed E-state index contributed by atoms with van der Waals surface area (Å²) >= 11 is 0. The van der Waals surface area contributed by atoms with E-state index in [1.54, 1.807) is 17.2 Å². The van der Waals surface area contributed by atoms with Crippen molar-refractivity contribution in [1.82, 2.24) is 9.47 Å². The molecule has 0 radical (unpaired) electrons. The van der Waals surface area contributed by atoms with Crippen molar-refractivity contribution in [3.05, 3.63) is 18.0 Å². The van der Waals surface area contributed by atoms with E-state index < -0.39 is 9.84 Å². The van der Waals surface area contributed by atoms with Gasteiger partial charge in [-0.05, 0) is 19.9 Å². The highest BCUT2D eigenvalue weighted by atomic mass is 32.2. The van der Waals surface area contributed by atoms with Crippen LogP contribution in [0.25, 0.3) is 0 Å². The summed E-state index contributed by atoms with van der Waals surface area (Å²) in [5.41, 5.74) is 6.80. The second-order valence-corrected chi connectivity index (χ2v) is 7.41. The van der Waals surface area contributed by atoms with Crippen LogP contribution in [0, 0.1) is 0 Å². The van der Waals surface area contributed by atoms with Crippen molar-refractivity contribution in [3.63, 3.8) is 0 Å². The van der Waals surface area contributed by atoms with E-state index in [2.05, 4.69) is 0 Å². The fourth-order valence-electron chi connectivity index (χ4n) is 2.18. The molecule has 1 aliphatic rings. The molecule has 0 unspecified atom stereocenters. The molecule has 106 valence electrons. The van der Waals surface area contributed by atoms with E-state index in [4.69, 9.17) is 5.73 Å². The van der Waals surface area contributed by atoms with Crippen molar-refractivity contribution >= 4 is 21.4 Å². The third-order valence-corrected chi connectivity index (χ3v) is 4.89. The summed E-state index contributed by atoms with van der Waals surface area (Å²) in [5.74, 6) is -0.0759. The Kier molecular flexibility index (Phi) is 3.58. The van der Waals surface area contributed by atoms with Gasteiger partial charge in [-0.3, -0.25) is 4.79 Å². The van der Waals surface area contributed by atoms with Crippen molar-refractivity contribution < 1.29 is 13.2 Å². The first-order valence-corrected chi connectivity index (χ1v) is 8.09. The monoisotopic (exact) mass is 285 g/mol. The lowest BCUT2D eigenvalue weighted by Gasteiger charge is -2.27. The Hall–Kier alpha value is -1.50. The van der Waals surface area contributed by atoms with E-state index in [1.165, 1.54) is 0 Å². The fraction of sp³-hybridized carbons (Fsp3) is 0.583. The summed E-state index contributed by atoms with van der Waals surface area (Å²) in [5, 5.41) is 0. The lowest BCUT2D eigenvalue weighted by Crippen LogP contribution is -2.44. The summed E-state index contributed by atoms with van der Waals surface area (Å²) in [7, 11) is -2.98. The minimum Gasteiger partial charge on any atom is -0.397 e. The highest BCUT2D eigenvalue weighted by molar-refractivity contribution is 7.91. The van der Waals surface area contributed by atoms with Gasteiger partial charge >= 0.3 is 0 Å². The van der Waals surface area contributed by atoms with Crippen LogP contribution >= 0.6 is 0 Å². The molecule has 2 rings (SSSR count). The highest BCUT2D eigenvalue weighted by Crippen LogP contribution is 2.19. The van der Waals surface area contributed by atoms with Gasteiger partial charge in [0.25, 0.3) is 5.91 Å². The Morgan fingerprint density at radius 3 is 2.42 bits per heavy atom. The lowest BCUT2D eigenvalue weighted by atomic mass is 10.3. The minimum absolute atomic E-state index is 0.0383. The number of nitrogens with zero attached hydrogens (tertiary/aromatic N) is 2. The smallest absolute Gasteiger partial charge is 0.270 e. The molecular weight excluding hydrogens is 266 g/mol. The number of amides is 1. The summed E-state index contributed by atoms with van der Waals surface area (Å²) < 4.78 is 24.6. The van der Waals surface area contributed by atoms with Crippen LogP contribution in [0.1, 0.15) is 30.4 Å². The van der Waals surface area contributed by atoms with Crippen molar-refractivity contribution in [2.24, 2.45) is 0 Å². The quantitative estimate of drug-likeness (QED) is 0.858. The Morgan fingerprint density at radius 2 is 1.89 bits per heavy atom. The zero-order valence-corrected chi connectivity index (χ0v) is 12.0. The molecule has 2 N–H and O–H groups in total. The molecule has 1 amide bonds. The van der Waals surface area contributed by atoms with Crippen LogP contribution in [0.4, 0.5) is 5.69 Å². The third-order valence-electron chi connectivity index (χ3n) is 3.28. The SMILES string of the molecule is CC(C)n1cc(N)cc1C(=O)N1CCS(=O)(=O)CC1. The average molecular weight is 285 g/mol. The van der Waals surface area contributed by atoms with Gasteiger partial charge in [0.05, 0.1) is 17.2 Å². The molecule has 1 aromatic heterocycles. The Bertz CT molecular complexity index is 575. The highest BCUT2D eigenvalue weighted by Gasteiger charge is 2.27. The largest absolute Gasteiger partial charge is 0.397 e. The Balaban J connectivity index is 2.21. The number of carbonyl (C=O) groups excluding carboxylic acids is 1. The first-order chi connectivity index (χ1) is 8.80. The van der Waals surface area contributed by atoms with Crippen LogP contribution in [0.3, 0.4) is 0 Å². The van der Waals surface area contributed by atoms with Crippen LogP contribution in [0.15, 0.2) is 12.3 Å². The molecule has 0 saturated carbocycles. The van der Waals surface area contributed by atoms with E-state index in [1.807, 2.05) is 18.4 Å². The number of nitrogens with two attached hydrogens (primary N) is 1. The van der Waals surface area contributed by atoms with Gasteiger partial charge in [-0.2, -0.15) is 0 Å². The van der Waals surface area contributed by atoms with E-state index in [9.17, 15) is 13.2 Å². The maximum Gasteiger partial charge on any atom is 0.270 e. The van der Waals surface area contributed by atoms with Crippen LogP contribution in [0.5, 0.6) is 0 Å². The lowest BCUT2D eigenvalue weighted by molar-refractivity contribution is 0.0758. The van der Waals surface area contributed by atoms with Crippen molar-refractivity contribution in [2.75, 3.05) is 30.3 Å². The molecule has 1 aliphatic heterocycles. The molecule has 1 fully saturated rings. The van der Waals surface area contributed by atoms with E-state index in [0.717, 1.165) is 0 Å². The normalized spacial score (nSPS) is 18.8. The first-order valence-electron chi connectivity index (χ1n) is 6.27.